The Kier molecular flexibility index (Phi) is 7.54. The summed E-state index contributed by atoms with van der Waals surface area (Å²) in [6, 6.07) is 5.35. The first-order chi connectivity index (χ1) is 10.4. The van der Waals surface area contributed by atoms with E-state index < -0.39 is 0 Å². The number of thiophene rings is 1. The van der Waals surface area contributed by atoms with Gasteiger partial charge in [0, 0.05) is 25.7 Å². The standard InChI is InChI=1S/C15H20ClN3O2S.ClH/c1-9(2)10(17)6-7-19(3)15(20)11-8-12(21-18-11)13-4-5-14(16)22-13;/h4-5,8-10H,6-7,17H2,1-3H3;1H. The Hall–Kier alpha value is -1.08. The first kappa shape index (κ1) is 20.0. The Labute approximate surface area is 151 Å². The minimum atomic E-state index is -0.173. The quantitative estimate of drug-likeness (QED) is 0.827. The van der Waals surface area contributed by atoms with Gasteiger partial charge in [-0.2, -0.15) is 0 Å². The van der Waals surface area contributed by atoms with Crippen molar-refractivity contribution in [2.75, 3.05) is 13.6 Å². The molecular formula is C15H21Cl2N3O2S. The number of rotatable bonds is 6. The minimum absolute atomic E-state index is 0. The molecular weight excluding hydrogens is 357 g/mol. The number of amides is 1. The van der Waals surface area contributed by atoms with E-state index >= 15 is 0 Å². The van der Waals surface area contributed by atoms with Gasteiger partial charge in [-0.15, -0.1) is 23.7 Å². The van der Waals surface area contributed by atoms with E-state index in [0.29, 0.717) is 28.3 Å². The molecule has 2 heterocycles. The number of halogens is 2. The highest BCUT2D eigenvalue weighted by molar-refractivity contribution is 7.19. The van der Waals surface area contributed by atoms with Crippen molar-refractivity contribution in [2.45, 2.75) is 26.3 Å². The molecule has 2 N–H and O–H groups in total. The lowest BCUT2D eigenvalue weighted by Gasteiger charge is -2.20. The van der Waals surface area contributed by atoms with Crippen LogP contribution in [0, 0.1) is 5.92 Å². The Morgan fingerprint density at radius 2 is 2.17 bits per heavy atom. The monoisotopic (exact) mass is 377 g/mol. The van der Waals surface area contributed by atoms with Crippen LogP contribution >= 0.6 is 35.3 Å². The topological polar surface area (TPSA) is 72.4 Å². The van der Waals surface area contributed by atoms with Crippen molar-refractivity contribution in [3.63, 3.8) is 0 Å². The minimum Gasteiger partial charge on any atom is -0.355 e. The molecule has 0 aliphatic heterocycles. The SMILES string of the molecule is CC(C)C(N)CCN(C)C(=O)c1cc(-c2ccc(Cl)s2)on1.Cl. The average Bonchev–Trinajstić information content (AvgIpc) is 3.11. The lowest BCUT2D eigenvalue weighted by atomic mass is 10.0. The molecule has 0 aliphatic rings. The maximum atomic E-state index is 12.3. The van der Waals surface area contributed by atoms with E-state index in [0.717, 1.165) is 11.3 Å². The third-order valence-electron chi connectivity index (χ3n) is 3.55. The molecule has 0 spiro atoms. The number of carbonyl (C=O) groups is 1. The van der Waals surface area contributed by atoms with Crippen LogP contribution in [0.4, 0.5) is 0 Å². The van der Waals surface area contributed by atoms with Gasteiger partial charge in [0.05, 0.1) is 9.21 Å². The molecule has 0 radical (unpaired) electrons. The van der Waals surface area contributed by atoms with E-state index in [-0.39, 0.29) is 24.4 Å². The zero-order chi connectivity index (χ0) is 16.3. The lowest BCUT2D eigenvalue weighted by Crippen LogP contribution is -2.34. The molecule has 5 nitrogen and oxygen atoms in total. The van der Waals surface area contributed by atoms with Gasteiger partial charge in [0.1, 0.15) is 0 Å². The van der Waals surface area contributed by atoms with Gasteiger partial charge in [-0.1, -0.05) is 30.6 Å². The fourth-order valence-electron chi connectivity index (χ4n) is 1.91. The van der Waals surface area contributed by atoms with Gasteiger partial charge in [-0.25, -0.2) is 0 Å². The van der Waals surface area contributed by atoms with Crippen molar-refractivity contribution in [1.82, 2.24) is 10.1 Å². The summed E-state index contributed by atoms with van der Waals surface area (Å²) >= 11 is 7.28. The van der Waals surface area contributed by atoms with Crippen molar-refractivity contribution in [2.24, 2.45) is 11.7 Å². The molecule has 0 bridgehead atoms. The fraction of sp³-hybridized carbons (Fsp3) is 0.467. The molecule has 0 saturated heterocycles. The third-order valence-corrected chi connectivity index (χ3v) is 4.79. The Morgan fingerprint density at radius 1 is 1.48 bits per heavy atom. The Morgan fingerprint density at radius 3 is 2.74 bits per heavy atom. The summed E-state index contributed by atoms with van der Waals surface area (Å²) in [5.41, 5.74) is 6.29. The summed E-state index contributed by atoms with van der Waals surface area (Å²) in [4.78, 5) is 14.8. The van der Waals surface area contributed by atoms with Crippen LogP contribution in [0.15, 0.2) is 22.7 Å². The number of aromatic nitrogens is 1. The average molecular weight is 378 g/mol. The van der Waals surface area contributed by atoms with Crippen LogP contribution in [0.5, 0.6) is 0 Å². The van der Waals surface area contributed by atoms with Gasteiger partial charge < -0.3 is 15.2 Å². The highest BCUT2D eigenvalue weighted by atomic mass is 35.5. The first-order valence-corrected chi connectivity index (χ1v) is 8.31. The lowest BCUT2D eigenvalue weighted by molar-refractivity contribution is 0.0779. The maximum Gasteiger partial charge on any atom is 0.275 e. The molecule has 128 valence electrons. The van der Waals surface area contributed by atoms with Crippen molar-refractivity contribution < 1.29 is 9.32 Å². The fourth-order valence-corrected chi connectivity index (χ4v) is 2.90. The number of hydrogen-bond donors (Lipinski definition) is 1. The predicted molar refractivity (Wildman–Crippen MR) is 96.5 cm³/mol. The number of carbonyl (C=O) groups excluding carboxylic acids is 1. The predicted octanol–water partition coefficient (Wildman–Crippen LogP) is 3.92. The zero-order valence-electron chi connectivity index (χ0n) is 13.3. The zero-order valence-corrected chi connectivity index (χ0v) is 15.7. The third kappa shape index (κ3) is 5.21. The van der Waals surface area contributed by atoms with Gasteiger partial charge in [-0.05, 0) is 24.5 Å². The molecule has 8 heteroatoms. The van der Waals surface area contributed by atoms with Gasteiger partial charge in [0.15, 0.2) is 11.5 Å². The molecule has 1 amide bonds. The molecule has 2 aromatic heterocycles. The Bertz CT molecular complexity index is 642. The van der Waals surface area contributed by atoms with Crippen LogP contribution in [-0.4, -0.2) is 35.6 Å². The molecule has 2 rings (SSSR count). The molecule has 0 aliphatic carbocycles. The first-order valence-electron chi connectivity index (χ1n) is 7.12. The number of hydrogen-bond acceptors (Lipinski definition) is 5. The van der Waals surface area contributed by atoms with Crippen LogP contribution in [0.2, 0.25) is 4.34 Å². The molecule has 0 aromatic carbocycles. The smallest absolute Gasteiger partial charge is 0.275 e. The molecule has 1 atom stereocenters. The van der Waals surface area contributed by atoms with E-state index in [1.54, 1.807) is 24.1 Å². The van der Waals surface area contributed by atoms with Crippen molar-refractivity contribution >= 4 is 41.3 Å². The van der Waals surface area contributed by atoms with E-state index in [1.165, 1.54) is 11.3 Å². The van der Waals surface area contributed by atoms with Crippen LogP contribution in [-0.2, 0) is 0 Å². The molecule has 0 fully saturated rings. The largest absolute Gasteiger partial charge is 0.355 e. The molecule has 0 saturated carbocycles. The second-order valence-corrected chi connectivity index (χ2v) is 7.32. The van der Waals surface area contributed by atoms with Gasteiger partial charge in [-0.3, -0.25) is 4.79 Å². The van der Waals surface area contributed by atoms with E-state index in [9.17, 15) is 4.79 Å². The summed E-state index contributed by atoms with van der Waals surface area (Å²) in [5, 5.41) is 3.85. The van der Waals surface area contributed by atoms with E-state index in [1.807, 2.05) is 6.07 Å². The Balaban J connectivity index is 0.00000264. The second kappa shape index (κ2) is 8.68. The maximum absolute atomic E-state index is 12.3. The summed E-state index contributed by atoms with van der Waals surface area (Å²) in [6.07, 6.45) is 0.755. The molecule has 2 aromatic rings. The van der Waals surface area contributed by atoms with Crippen molar-refractivity contribution in [1.29, 1.82) is 0 Å². The van der Waals surface area contributed by atoms with Crippen LogP contribution < -0.4 is 5.73 Å². The molecule has 1 unspecified atom stereocenters. The van der Waals surface area contributed by atoms with E-state index in [2.05, 4.69) is 19.0 Å². The van der Waals surface area contributed by atoms with Crippen molar-refractivity contribution in [3.05, 3.63) is 28.2 Å². The second-order valence-electron chi connectivity index (χ2n) is 5.60. The van der Waals surface area contributed by atoms with Crippen LogP contribution in [0.1, 0.15) is 30.8 Å². The highest BCUT2D eigenvalue weighted by Gasteiger charge is 2.19. The van der Waals surface area contributed by atoms with Gasteiger partial charge in [0.2, 0.25) is 0 Å². The number of nitrogens with zero attached hydrogens (tertiary/aromatic N) is 2. The van der Waals surface area contributed by atoms with E-state index in [4.69, 9.17) is 21.9 Å². The summed E-state index contributed by atoms with van der Waals surface area (Å²) in [7, 11) is 1.74. The van der Waals surface area contributed by atoms with Gasteiger partial charge in [0.25, 0.3) is 5.91 Å². The van der Waals surface area contributed by atoms with Crippen LogP contribution in [0.25, 0.3) is 10.6 Å². The highest BCUT2D eigenvalue weighted by Crippen LogP contribution is 2.31. The number of nitrogens with two attached hydrogens (primary N) is 1. The van der Waals surface area contributed by atoms with Crippen molar-refractivity contribution in [3.8, 4) is 10.6 Å². The summed E-state index contributed by atoms with van der Waals surface area (Å²) in [5.74, 6) is 0.770. The normalized spacial score (nSPS) is 12.1. The van der Waals surface area contributed by atoms with Crippen LogP contribution in [0.3, 0.4) is 0 Å². The molecule has 23 heavy (non-hydrogen) atoms. The summed E-state index contributed by atoms with van der Waals surface area (Å²) in [6.45, 7) is 4.73. The summed E-state index contributed by atoms with van der Waals surface area (Å²) < 4.78 is 5.89. The van der Waals surface area contributed by atoms with Gasteiger partial charge >= 0.3 is 0 Å².